The summed E-state index contributed by atoms with van der Waals surface area (Å²) in [6.45, 7) is 0. The summed E-state index contributed by atoms with van der Waals surface area (Å²) in [6, 6.07) is 61.6. The summed E-state index contributed by atoms with van der Waals surface area (Å²) >= 11 is 0. The van der Waals surface area contributed by atoms with Crippen LogP contribution in [0.4, 0.5) is 0 Å². The van der Waals surface area contributed by atoms with E-state index in [1.54, 1.807) is 0 Å². The van der Waals surface area contributed by atoms with E-state index in [2.05, 4.69) is 170 Å². The van der Waals surface area contributed by atoms with Gasteiger partial charge in [0.1, 0.15) is 11.2 Å². The average Bonchev–Trinajstić information content (AvgIpc) is 3.62. The Bertz CT molecular complexity index is 3240. The highest BCUT2D eigenvalue weighted by atomic mass is 16.3. The van der Waals surface area contributed by atoms with Gasteiger partial charge in [-0.2, -0.15) is 0 Å². The Hall–Kier alpha value is -7.17. The maximum absolute atomic E-state index is 6.79. The van der Waals surface area contributed by atoms with Crippen LogP contribution in [-0.4, -0.2) is 15.0 Å². The lowest BCUT2D eigenvalue weighted by Gasteiger charge is -2.12. The molecule has 4 heteroatoms. The van der Waals surface area contributed by atoms with Crippen molar-refractivity contribution in [3.05, 3.63) is 176 Å². The van der Waals surface area contributed by atoms with Gasteiger partial charge in [0.2, 0.25) is 0 Å². The van der Waals surface area contributed by atoms with Gasteiger partial charge in [-0.05, 0) is 73.6 Å². The third-order valence-corrected chi connectivity index (χ3v) is 10.5. The van der Waals surface area contributed by atoms with Crippen molar-refractivity contribution < 1.29 is 4.42 Å². The normalized spacial score (nSPS) is 11.8. The van der Waals surface area contributed by atoms with Gasteiger partial charge in [-0.3, -0.25) is 0 Å². The van der Waals surface area contributed by atoms with Crippen molar-refractivity contribution in [2.75, 3.05) is 0 Å². The Morgan fingerprint density at radius 1 is 0.283 bits per heavy atom. The second-order valence-electron chi connectivity index (χ2n) is 13.6. The SMILES string of the molecule is c1ccc(-c2cc(-c3nc(-c4ccc5ccccc5c4)nc(-c4ccc5c(ccc6ccccc65)c4)n3)cc3c2oc2c4ccccc4ccc32)cc1. The number of rotatable bonds is 4. The maximum atomic E-state index is 6.79. The molecule has 0 spiro atoms. The summed E-state index contributed by atoms with van der Waals surface area (Å²) < 4.78 is 6.79. The molecule has 0 bridgehead atoms. The molecule has 0 saturated heterocycles. The lowest BCUT2D eigenvalue weighted by Crippen LogP contribution is -2.00. The van der Waals surface area contributed by atoms with Crippen LogP contribution in [0.3, 0.4) is 0 Å². The van der Waals surface area contributed by atoms with Gasteiger partial charge < -0.3 is 4.42 Å². The smallest absolute Gasteiger partial charge is 0.164 e. The van der Waals surface area contributed by atoms with Crippen molar-refractivity contribution in [1.29, 1.82) is 0 Å². The van der Waals surface area contributed by atoms with E-state index in [1.807, 2.05) is 6.07 Å². The second-order valence-corrected chi connectivity index (χ2v) is 13.6. The molecule has 0 aliphatic heterocycles. The van der Waals surface area contributed by atoms with Crippen LogP contribution in [0.1, 0.15) is 0 Å². The van der Waals surface area contributed by atoms with Gasteiger partial charge in [0.25, 0.3) is 0 Å². The van der Waals surface area contributed by atoms with Crippen molar-refractivity contribution in [2.24, 2.45) is 0 Å². The highest BCUT2D eigenvalue weighted by Gasteiger charge is 2.20. The van der Waals surface area contributed by atoms with E-state index >= 15 is 0 Å². The van der Waals surface area contributed by atoms with Crippen LogP contribution in [0.2, 0.25) is 0 Å². The lowest BCUT2D eigenvalue weighted by molar-refractivity contribution is 0.674. The molecule has 0 saturated carbocycles. The van der Waals surface area contributed by atoms with E-state index in [4.69, 9.17) is 19.4 Å². The number of aromatic nitrogens is 3. The largest absolute Gasteiger partial charge is 0.455 e. The minimum Gasteiger partial charge on any atom is -0.455 e. The van der Waals surface area contributed by atoms with Crippen molar-refractivity contribution in [1.82, 2.24) is 15.0 Å². The van der Waals surface area contributed by atoms with Gasteiger partial charge in [0.05, 0.1) is 0 Å². The number of hydrogen-bond donors (Lipinski definition) is 0. The summed E-state index contributed by atoms with van der Waals surface area (Å²) in [5, 5.41) is 11.4. The fourth-order valence-corrected chi connectivity index (χ4v) is 7.81. The van der Waals surface area contributed by atoms with Crippen LogP contribution in [-0.2, 0) is 0 Å². The van der Waals surface area contributed by atoms with E-state index in [-0.39, 0.29) is 0 Å². The van der Waals surface area contributed by atoms with Crippen molar-refractivity contribution in [2.45, 2.75) is 0 Å². The summed E-state index contributed by atoms with van der Waals surface area (Å²) in [4.78, 5) is 15.6. The first-order chi connectivity index (χ1) is 26.2. The van der Waals surface area contributed by atoms with Crippen LogP contribution in [0.25, 0.3) is 110 Å². The van der Waals surface area contributed by atoms with Gasteiger partial charge in [-0.25, -0.2) is 15.0 Å². The van der Waals surface area contributed by atoms with Crippen LogP contribution in [0, 0.1) is 0 Å². The van der Waals surface area contributed by atoms with Gasteiger partial charge in [0.15, 0.2) is 17.5 Å². The number of hydrogen-bond acceptors (Lipinski definition) is 4. The molecule has 9 aromatic carbocycles. The van der Waals surface area contributed by atoms with Crippen molar-refractivity contribution in [3.63, 3.8) is 0 Å². The summed E-state index contributed by atoms with van der Waals surface area (Å²) in [7, 11) is 0. The molecule has 0 radical (unpaired) electrons. The van der Waals surface area contributed by atoms with E-state index in [0.717, 1.165) is 71.3 Å². The maximum Gasteiger partial charge on any atom is 0.164 e. The van der Waals surface area contributed by atoms with E-state index in [0.29, 0.717) is 17.5 Å². The Balaban J connectivity index is 1.18. The molecule has 0 fully saturated rings. The van der Waals surface area contributed by atoms with Crippen LogP contribution in [0.15, 0.2) is 180 Å². The fraction of sp³-hybridized carbons (Fsp3) is 0. The topological polar surface area (TPSA) is 51.8 Å². The quantitative estimate of drug-likeness (QED) is 0.174. The molecule has 4 nitrogen and oxygen atoms in total. The molecule has 2 heterocycles. The third kappa shape index (κ3) is 4.88. The van der Waals surface area contributed by atoms with Crippen molar-refractivity contribution in [3.8, 4) is 45.3 Å². The molecule has 11 aromatic rings. The number of benzene rings is 9. The van der Waals surface area contributed by atoms with Crippen LogP contribution < -0.4 is 0 Å². The molecule has 0 atom stereocenters. The fourth-order valence-electron chi connectivity index (χ4n) is 7.81. The minimum atomic E-state index is 0.603. The monoisotopic (exact) mass is 675 g/mol. The summed E-state index contributed by atoms with van der Waals surface area (Å²) in [5.74, 6) is 1.85. The first-order valence-corrected chi connectivity index (χ1v) is 17.8. The summed E-state index contributed by atoms with van der Waals surface area (Å²) in [5.41, 5.74) is 6.54. The predicted molar refractivity (Wildman–Crippen MR) is 219 cm³/mol. The van der Waals surface area contributed by atoms with Gasteiger partial charge >= 0.3 is 0 Å². The molecule has 11 rings (SSSR count). The number of furan rings is 1. The van der Waals surface area contributed by atoms with Crippen LogP contribution >= 0.6 is 0 Å². The van der Waals surface area contributed by atoms with E-state index < -0.39 is 0 Å². The molecule has 0 unspecified atom stereocenters. The minimum absolute atomic E-state index is 0.603. The molecular weight excluding hydrogens is 647 g/mol. The number of fused-ring (bicyclic) bond motifs is 9. The van der Waals surface area contributed by atoms with E-state index in [9.17, 15) is 0 Å². The molecular formula is C49H29N3O. The van der Waals surface area contributed by atoms with E-state index in [1.165, 1.54) is 21.5 Å². The molecule has 246 valence electrons. The summed E-state index contributed by atoms with van der Waals surface area (Å²) in [6.07, 6.45) is 0. The number of nitrogens with zero attached hydrogens (tertiary/aromatic N) is 3. The molecule has 53 heavy (non-hydrogen) atoms. The standard InChI is InChI=1S/C49H29N3O/c1-2-11-31(12-3-1)43-28-38(29-44-42-25-22-33-14-7-9-17-41(33)45(42)53-46(43)44)49-51-47(36-21-18-30-10-4-5-15-34(30)26-36)50-48(52-49)37-23-24-40-35(27-37)20-19-32-13-6-8-16-39(32)40/h1-29H. The Labute approximate surface area is 304 Å². The highest BCUT2D eigenvalue weighted by molar-refractivity contribution is 6.18. The lowest BCUT2D eigenvalue weighted by atomic mass is 9.98. The van der Waals surface area contributed by atoms with Crippen LogP contribution in [0.5, 0.6) is 0 Å². The molecule has 0 amide bonds. The molecule has 0 N–H and O–H groups in total. The predicted octanol–water partition coefficient (Wildman–Crippen LogP) is 13.1. The van der Waals surface area contributed by atoms with Gasteiger partial charge in [-0.15, -0.1) is 0 Å². The van der Waals surface area contributed by atoms with Gasteiger partial charge in [0, 0.05) is 38.4 Å². The Morgan fingerprint density at radius 3 is 1.60 bits per heavy atom. The zero-order valence-corrected chi connectivity index (χ0v) is 28.5. The Morgan fingerprint density at radius 2 is 0.811 bits per heavy atom. The third-order valence-electron chi connectivity index (χ3n) is 10.5. The van der Waals surface area contributed by atoms with Crippen molar-refractivity contribution >= 4 is 65.0 Å². The molecule has 0 aliphatic rings. The Kier molecular flexibility index (Phi) is 6.52. The first kappa shape index (κ1) is 29.5. The molecule has 2 aromatic heterocycles. The zero-order valence-electron chi connectivity index (χ0n) is 28.5. The second kappa shape index (κ2) is 11.7. The average molecular weight is 676 g/mol. The van der Waals surface area contributed by atoms with Gasteiger partial charge in [-0.1, -0.05) is 146 Å². The zero-order chi connectivity index (χ0) is 34.9. The first-order valence-electron chi connectivity index (χ1n) is 17.8. The highest BCUT2D eigenvalue weighted by Crippen LogP contribution is 2.42. The molecule has 0 aliphatic carbocycles.